The number of ether oxygens (including phenoxy) is 1. The average molecular weight is 306 g/mol. The van der Waals surface area contributed by atoms with E-state index in [9.17, 15) is 13.2 Å². The lowest BCUT2D eigenvalue weighted by Gasteiger charge is -2.08. The predicted molar refractivity (Wildman–Crippen MR) is 77.4 cm³/mol. The number of halogens is 3. The van der Waals surface area contributed by atoms with Gasteiger partial charge in [-0.2, -0.15) is 13.2 Å². The molecule has 0 aliphatic heterocycles. The molecule has 0 N–H and O–H groups in total. The van der Waals surface area contributed by atoms with Crippen LogP contribution in [0.4, 0.5) is 13.2 Å². The molecule has 1 aromatic heterocycles. The molecular formula is C17H13F3O2. The second-order valence-corrected chi connectivity index (χ2v) is 4.92. The van der Waals surface area contributed by atoms with Crippen molar-refractivity contribution in [1.29, 1.82) is 0 Å². The van der Waals surface area contributed by atoms with E-state index >= 15 is 0 Å². The van der Waals surface area contributed by atoms with Crippen molar-refractivity contribution in [3.63, 3.8) is 0 Å². The van der Waals surface area contributed by atoms with Gasteiger partial charge < -0.3 is 9.15 Å². The highest BCUT2D eigenvalue weighted by atomic mass is 19.4. The molecule has 0 amide bonds. The van der Waals surface area contributed by atoms with Crippen LogP contribution < -0.4 is 0 Å². The van der Waals surface area contributed by atoms with Crippen LogP contribution in [0.1, 0.15) is 11.1 Å². The van der Waals surface area contributed by atoms with Gasteiger partial charge in [-0.3, -0.25) is 0 Å². The van der Waals surface area contributed by atoms with Crippen LogP contribution in [0, 0.1) is 0 Å². The van der Waals surface area contributed by atoms with E-state index in [-0.39, 0.29) is 6.61 Å². The van der Waals surface area contributed by atoms with Crippen LogP contribution in [0.15, 0.2) is 52.9 Å². The van der Waals surface area contributed by atoms with Gasteiger partial charge in [0.2, 0.25) is 0 Å². The average Bonchev–Trinajstić information content (AvgIpc) is 2.86. The van der Waals surface area contributed by atoms with Crippen LogP contribution >= 0.6 is 0 Å². The minimum absolute atomic E-state index is 0.266. The fourth-order valence-electron chi connectivity index (χ4n) is 2.46. The molecule has 0 aliphatic carbocycles. The third-order valence-electron chi connectivity index (χ3n) is 3.44. The number of hydrogen-bond acceptors (Lipinski definition) is 2. The van der Waals surface area contributed by atoms with E-state index < -0.39 is 11.7 Å². The molecule has 0 atom stereocenters. The Morgan fingerprint density at radius 3 is 2.55 bits per heavy atom. The summed E-state index contributed by atoms with van der Waals surface area (Å²) < 4.78 is 49.6. The molecule has 5 heteroatoms. The van der Waals surface area contributed by atoms with E-state index in [0.717, 1.165) is 23.1 Å². The normalized spacial score (nSPS) is 12.0. The molecule has 0 saturated heterocycles. The zero-order valence-corrected chi connectivity index (χ0v) is 11.8. The largest absolute Gasteiger partial charge is 0.456 e. The zero-order valence-electron chi connectivity index (χ0n) is 11.8. The molecule has 0 spiro atoms. The van der Waals surface area contributed by atoms with Crippen molar-refractivity contribution in [2.24, 2.45) is 0 Å². The van der Waals surface area contributed by atoms with Gasteiger partial charge in [-0.15, -0.1) is 0 Å². The summed E-state index contributed by atoms with van der Waals surface area (Å²) in [6, 6.07) is 12.4. The number of rotatable bonds is 3. The third-order valence-corrected chi connectivity index (χ3v) is 3.44. The first-order chi connectivity index (χ1) is 10.5. The van der Waals surface area contributed by atoms with Crippen molar-refractivity contribution >= 4 is 11.0 Å². The summed E-state index contributed by atoms with van der Waals surface area (Å²) >= 11 is 0. The Kier molecular flexibility index (Phi) is 3.66. The second-order valence-electron chi connectivity index (χ2n) is 4.92. The molecular weight excluding hydrogens is 293 g/mol. The fraction of sp³-hybridized carbons (Fsp3) is 0.176. The number of para-hydroxylation sites is 1. The Bertz CT molecular complexity index is 803. The Labute approximate surface area is 125 Å². The zero-order chi connectivity index (χ0) is 15.7. The molecule has 0 unspecified atom stereocenters. The minimum atomic E-state index is -4.39. The summed E-state index contributed by atoms with van der Waals surface area (Å²) in [5.74, 6) is 0.411. The predicted octanol–water partition coefficient (Wildman–Crippen LogP) is 5.27. The maximum Gasteiger partial charge on any atom is 0.416 e. The lowest BCUT2D eigenvalue weighted by atomic mass is 10.0. The first kappa shape index (κ1) is 14.7. The van der Waals surface area contributed by atoms with Gasteiger partial charge in [0.25, 0.3) is 0 Å². The molecule has 3 aromatic rings. The van der Waals surface area contributed by atoms with E-state index in [1.165, 1.54) is 13.2 Å². The Balaban J connectivity index is 2.19. The van der Waals surface area contributed by atoms with Gasteiger partial charge in [-0.05, 0) is 18.2 Å². The Morgan fingerprint density at radius 1 is 1.05 bits per heavy atom. The number of furan rings is 1. The van der Waals surface area contributed by atoms with Gasteiger partial charge in [-0.25, -0.2) is 0 Å². The Hall–Kier alpha value is -2.27. The maximum absolute atomic E-state index is 12.9. The summed E-state index contributed by atoms with van der Waals surface area (Å²) in [7, 11) is 1.54. The summed E-state index contributed by atoms with van der Waals surface area (Å²) in [6.45, 7) is 0.266. The first-order valence-corrected chi connectivity index (χ1v) is 6.67. The second kappa shape index (κ2) is 5.50. The fourth-order valence-corrected chi connectivity index (χ4v) is 2.46. The van der Waals surface area contributed by atoms with Gasteiger partial charge in [0.05, 0.1) is 12.2 Å². The van der Waals surface area contributed by atoms with Crippen molar-refractivity contribution in [1.82, 2.24) is 0 Å². The molecule has 2 nitrogen and oxygen atoms in total. The lowest BCUT2D eigenvalue weighted by Crippen LogP contribution is -2.04. The summed E-state index contributed by atoms with van der Waals surface area (Å²) in [6.07, 6.45) is -4.39. The molecule has 0 radical (unpaired) electrons. The molecule has 1 heterocycles. The lowest BCUT2D eigenvalue weighted by molar-refractivity contribution is -0.137. The van der Waals surface area contributed by atoms with Crippen molar-refractivity contribution in [2.45, 2.75) is 12.8 Å². The van der Waals surface area contributed by atoms with E-state index in [2.05, 4.69) is 0 Å². The highest BCUT2D eigenvalue weighted by Gasteiger charge is 2.31. The third kappa shape index (κ3) is 2.60. The molecule has 114 valence electrons. The highest BCUT2D eigenvalue weighted by molar-refractivity contribution is 5.87. The standard InChI is InChI=1S/C17H13F3O2/c1-21-10-14-13-7-2-3-8-15(13)22-16(14)11-5-4-6-12(9-11)17(18,19)20/h2-9H,10H2,1H3. The van der Waals surface area contributed by atoms with Crippen LogP contribution in [-0.2, 0) is 17.5 Å². The molecule has 2 aromatic carbocycles. The highest BCUT2D eigenvalue weighted by Crippen LogP contribution is 2.37. The van der Waals surface area contributed by atoms with Gasteiger partial charge in [0.15, 0.2) is 0 Å². The van der Waals surface area contributed by atoms with Gasteiger partial charge in [0, 0.05) is 23.6 Å². The number of alkyl halides is 3. The van der Waals surface area contributed by atoms with Crippen LogP contribution in [0.25, 0.3) is 22.3 Å². The topological polar surface area (TPSA) is 22.4 Å². The molecule has 0 fully saturated rings. The first-order valence-electron chi connectivity index (χ1n) is 6.67. The molecule has 0 aliphatic rings. The van der Waals surface area contributed by atoms with E-state index in [1.807, 2.05) is 18.2 Å². The van der Waals surface area contributed by atoms with Gasteiger partial charge in [0.1, 0.15) is 11.3 Å². The maximum atomic E-state index is 12.9. The summed E-state index contributed by atoms with van der Waals surface area (Å²) in [4.78, 5) is 0. The van der Waals surface area contributed by atoms with Crippen LogP contribution in [-0.4, -0.2) is 7.11 Å². The number of methoxy groups -OCH3 is 1. The number of hydrogen-bond donors (Lipinski definition) is 0. The van der Waals surface area contributed by atoms with E-state index in [4.69, 9.17) is 9.15 Å². The Morgan fingerprint density at radius 2 is 1.82 bits per heavy atom. The van der Waals surface area contributed by atoms with Crippen LogP contribution in [0.2, 0.25) is 0 Å². The monoisotopic (exact) mass is 306 g/mol. The smallest absolute Gasteiger partial charge is 0.416 e. The van der Waals surface area contributed by atoms with Crippen molar-refractivity contribution in [3.05, 3.63) is 59.7 Å². The summed E-state index contributed by atoms with van der Waals surface area (Å²) in [5.41, 5.74) is 1.06. The van der Waals surface area contributed by atoms with Crippen molar-refractivity contribution in [3.8, 4) is 11.3 Å². The van der Waals surface area contributed by atoms with Gasteiger partial charge >= 0.3 is 6.18 Å². The molecule has 0 bridgehead atoms. The molecule has 0 saturated carbocycles. The van der Waals surface area contributed by atoms with E-state index in [1.54, 1.807) is 12.1 Å². The SMILES string of the molecule is COCc1c(-c2cccc(C(F)(F)F)c2)oc2ccccc12. The number of benzene rings is 2. The van der Waals surface area contributed by atoms with Crippen LogP contribution in [0.5, 0.6) is 0 Å². The summed E-state index contributed by atoms with van der Waals surface area (Å²) in [5, 5.41) is 0.844. The van der Waals surface area contributed by atoms with Crippen molar-refractivity contribution < 1.29 is 22.3 Å². The molecule has 3 rings (SSSR count). The molecule has 22 heavy (non-hydrogen) atoms. The minimum Gasteiger partial charge on any atom is -0.456 e. The van der Waals surface area contributed by atoms with Gasteiger partial charge in [-0.1, -0.05) is 30.3 Å². The quantitative estimate of drug-likeness (QED) is 0.658. The number of fused-ring (bicyclic) bond motifs is 1. The van der Waals surface area contributed by atoms with Crippen LogP contribution in [0.3, 0.4) is 0 Å². The van der Waals surface area contributed by atoms with Crippen molar-refractivity contribution in [2.75, 3.05) is 7.11 Å². The van der Waals surface area contributed by atoms with E-state index in [0.29, 0.717) is 16.9 Å².